The number of hydrogen-bond acceptors (Lipinski definition) is 6. The number of aliphatic hydroxyl groups excluding tert-OH is 2. The molecule has 0 spiro atoms. The number of fused-ring (bicyclic) bond motifs is 2. The molecule has 33 heavy (non-hydrogen) atoms. The van der Waals surface area contributed by atoms with Crippen molar-refractivity contribution in [2.75, 3.05) is 6.54 Å². The van der Waals surface area contributed by atoms with Crippen LogP contribution in [0.5, 0.6) is 5.75 Å². The highest BCUT2D eigenvalue weighted by molar-refractivity contribution is 5.78. The van der Waals surface area contributed by atoms with Gasteiger partial charge in [-0.25, -0.2) is 23.1 Å². The first-order chi connectivity index (χ1) is 15.8. The summed E-state index contributed by atoms with van der Waals surface area (Å²) in [7, 11) is 0. The van der Waals surface area contributed by atoms with E-state index in [1.807, 2.05) is 13.0 Å². The fourth-order valence-electron chi connectivity index (χ4n) is 4.97. The summed E-state index contributed by atoms with van der Waals surface area (Å²) in [6.45, 7) is 2.74. The van der Waals surface area contributed by atoms with Crippen molar-refractivity contribution in [3.63, 3.8) is 0 Å². The Morgan fingerprint density at radius 1 is 1.24 bits per heavy atom. The van der Waals surface area contributed by atoms with Gasteiger partial charge in [-0.3, -0.25) is 0 Å². The Morgan fingerprint density at radius 2 is 2.06 bits per heavy atom. The summed E-state index contributed by atoms with van der Waals surface area (Å²) in [6.07, 6.45) is -2.69. The highest BCUT2D eigenvalue weighted by atomic mass is 19.3. The number of aromatic nitrogens is 3. The number of halogens is 3. The summed E-state index contributed by atoms with van der Waals surface area (Å²) in [5.74, 6) is -0.348. The summed E-state index contributed by atoms with van der Waals surface area (Å²) < 4.78 is 48.8. The normalized spacial score (nSPS) is 25.1. The van der Waals surface area contributed by atoms with Gasteiger partial charge >= 0.3 is 0 Å². The summed E-state index contributed by atoms with van der Waals surface area (Å²) in [6, 6.07) is 2.66. The van der Waals surface area contributed by atoms with E-state index in [-0.39, 0.29) is 17.7 Å². The van der Waals surface area contributed by atoms with Gasteiger partial charge in [-0.05, 0) is 43.1 Å². The zero-order valence-electron chi connectivity index (χ0n) is 18.0. The molecule has 3 heterocycles. The topological polar surface area (TPSA) is 92.4 Å². The zero-order chi connectivity index (χ0) is 23.3. The number of aryl methyl sites for hydroxylation is 1. The van der Waals surface area contributed by atoms with E-state index < -0.39 is 43.0 Å². The smallest absolute Gasteiger partial charge is 0.242 e. The van der Waals surface area contributed by atoms with E-state index in [0.717, 1.165) is 11.1 Å². The Kier molecular flexibility index (Phi) is 5.75. The molecule has 1 fully saturated rings. The van der Waals surface area contributed by atoms with Gasteiger partial charge in [0.1, 0.15) is 41.9 Å². The van der Waals surface area contributed by atoms with Gasteiger partial charge in [0.15, 0.2) is 0 Å². The number of ether oxygens (including phenoxy) is 1. The van der Waals surface area contributed by atoms with Crippen LogP contribution in [0, 0.1) is 12.7 Å². The maximum atomic E-state index is 14.9. The lowest BCUT2D eigenvalue weighted by Gasteiger charge is -2.26. The van der Waals surface area contributed by atoms with Crippen molar-refractivity contribution in [2.45, 2.75) is 63.5 Å². The van der Waals surface area contributed by atoms with Crippen LogP contribution in [0.25, 0.3) is 11.0 Å². The second kappa shape index (κ2) is 8.58. The molecule has 4 atom stereocenters. The lowest BCUT2D eigenvalue weighted by Crippen LogP contribution is -2.35. The Hall–Kier alpha value is -2.69. The van der Waals surface area contributed by atoms with Crippen LogP contribution in [-0.2, 0) is 19.4 Å². The Bertz CT molecular complexity index is 1190. The largest absolute Gasteiger partial charge is 0.487 e. The third-order valence-electron chi connectivity index (χ3n) is 6.68. The Balaban J connectivity index is 1.46. The van der Waals surface area contributed by atoms with Gasteiger partial charge in [0, 0.05) is 36.5 Å². The molecule has 1 aliphatic carbocycles. The van der Waals surface area contributed by atoms with Gasteiger partial charge in [0.05, 0.1) is 11.7 Å². The zero-order valence-corrected chi connectivity index (χ0v) is 18.0. The van der Waals surface area contributed by atoms with E-state index in [1.54, 1.807) is 10.8 Å². The minimum atomic E-state index is -2.69. The SMILES string of the molecule is Cc1ncnc2c1ccn2[C@@H]1C[C@H](Oc2cc(CC(F)F)c(F)c3c2CNCC3)[C@@H](O)[C@H]1O. The molecule has 1 aliphatic heterocycles. The molecule has 2 aliphatic rings. The summed E-state index contributed by atoms with van der Waals surface area (Å²) in [5, 5.41) is 25.5. The molecule has 7 nitrogen and oxygen atoms in total. The Labute approximate surface area is 188 Å². The molecule has 2 aromatic heterocycles. The maximum absolute atomic E-state index is 14.9. The van der Waals surface area contributed by atoms with E-state index in [1.165, 1.54) is 12.4 Å². The second-order valence-corrected chi connectivity index (χ2v) is 8.69. The summed E-state index contributed by atoms with van der Waals surface area (Å²) in [4.78, 5) is 8.50. The van der Waals surface area contributed by atoms with Crippen LogP contribution in [0.2, 0.25) is 0 Å². The molecule has 10 heteroatoms. The summed E-state index contributed by atoms with van der Waals surface area (Å²) >= 11 is 0. The molecule has 0 radical (unpaired) electrons. The lowest BCUT2D eigenvalue weighted by molar-refractivity contribution is -0.0167. The van der Waals surface area contributed by atoms with Crippen molar-refractivity contribution in [3.8, 4) is 5.75 Å². The molecule has 176 valence electrons. The lowest BCUT2D eigenvalue weighted by atomic mass is 9.95. The molecule has 5 rings (SSSR count). The van der Waals surface area contributed by atoms with E-state index >= 15 is 0 Å². The van der Waals surface area contributed by atoms with E-state index in [0.29, 0.717) is 36.3 Å². The quantitative estimate of drug-likeness (QED) is 0.540. The average molecular weight is 462 g/mol. The molecule has 0 saturated heterocycles. The van der Waals surface area contributed by atoms with Crippen LogP contribution in [0.1, 0.15) is 34.8 Å². The molecule has 3 aromatic rings. The number of nitrogens with zero attached hydrogens (tertiary/aromatic N) is 3. The third kappa shape index (κ3) is 3.85. The fourth-order valence-corrected chi connectivity index (χ4v) is 4.97. The van der Waals surface area contributed by atoms with Gasteiger partial charge < -0.3 is 24.8 Å². The first kappa shape index (κ1) is 22.1. The van der Waals surface area contributed by atoms with Crippen LogP contribution in [0.4, 0.5) is 13.2 Å². The average Bonchev–Trinajstić information content (AvgIpc) is 3.34. The van der Waals surface area contributed by atoms with E-state index in [2.05, 4.69) is 15.3 Å². The van der Waals surface area contributed by atoms with Gasteiger partial charge in [0.2, 0.25) is 6.43 Å². The number of rotatable bonds is 5. The number of aliphatic hydroxyl groups is 2. The van der Waals surface area contributed by atoms with Crippen molar-refractivity contribution in [1.29, 1.82) is 0 Å². The summed E-state index contributed by atoms with van der Waals surface area (Å²) in [5.41, 5.74) is 2.28. The Morgan fingerprint density at radius 3 is 2.85 bits per heavy atom. The molecule has 1 saturated carbocycles. The molecular formula is C23H25F3N4O3. The number of nitrogens with one attached hydrogen (secondary N) is 1. The van der Waals surface area contributed by atoms with Crippen molar-refractivity contribution < 1.29 is 28.1 Å². The van der Waals surface area contributed by atoms with Gasteiger partial charge in [-0.1, -0.05) is 0 Å². The fraction of sp³-hybridized carbons (Fsp3) is 0.478. The monoisotopic (exact) mass is 462 g/mol. The molecule has 0 unspecified atom stereocenters. The van der Waals surface area contributed by atoms with Gasteiger partial charge in [-0.2, -0.15) is 0 Å². The van der Waals surface area contributed by atoms with Crippen molar-refractivity contribution >= 4 is 11.0 Å². The molecule has 3 N–H and O–H groups in total. The van der Waals surface area contributed by atoms with Crippen LogP contribution < -0.4 is 10.1 Å². The first-order valence-electron chi connectivity index (χ1n) is 11.0. The van der Waals surface area contributed by atoms with Crippen molar-refractivity contribution in [3.05, 3.63) is 52.9 Å². The van der Waals surface area contributed by atoms with Gasteiger partial charge in [0.25, 0.3) is 0 Å². The highest BCUT2D eigenvalue weighted by Gasteiger charge is 2.45. The van der Waals surface area contributed by atoms with Crippen molar-refractivity contribution in [1.82, 2.24) is 19.9 Å². The van der Waals surface area contributed by atoms with E-state index in [4.69, 9.17) is 4.74 Å². The molecule has 0 bridgehead atoms. The molecule has 1 aromatic carbocycles. The van der Waals surface area contributed by atoms with Crippen LogP contribution >= 0.6 is 0 Å². The number of hydrogen-bond donors (Lipinski definition) is 3. The molecular weight excluding hydrogens is 437 g/mol. The van der Waals surface area contributed by atoms with Crippen LogP contribution in [0.15, 0.2) is 24.7 Å². The standard InChI is InChI=1S/C23H25F3N4O3/c1-11-13-3-5-30(23(13)29-10-28-11)16-8-18(22(32)21(16)31)33-17-6-12(7-19(24)25)20(26)14-2-4-27-9-15(14)17/h3,5-6,10,16,18-19,21-22,27,31-32H,2,4,7-9H2,1H3/t16-,18+,21+,22-/m1/s1. The predicted octanol–water partition coefficient (Wildman–Crippen LogP) is 2.45. The second-order valence-electron chi connectivity index (χ2n) is 8.69. The van der Waals surface area contributed by atoms with E-state index in [9.17, 15) is 23.4 Å². The van der Waals surface area contributed by atoms with Crippen LogP contribution in [0.3, 0.4) is 0 Å². The number of alkyl halides is 2. The minimum Gasteiger partial charge on any atom is -0.487 e. The van der Waals surface area contributed by atoms with Crippen LogP contribution in [-0.4, -0.2) is 56.0 Å². The van der Waals surface area contributed by atoms with Crippen molar-refractivity contribution in [2.24, 2.45) is 0 Å². The van der Waals surface area contributed by atoms with Gasteiger partial charge in [-0.15, -0.1) is 0 Å². The first-order valence-corrected chi connectivity index (χ1v) is 11.0. The molecule has 0 amide bonds. The predicted molar refractivity (Wildman–Crippen MR) is 114 cm³/mol. The maximum Gasteiger partial charge on any atom is 0.242 e. The minimum absolute atomic E-state index is 0.103. The highest BCUT2D eigenvalue weighted by Crippen LogP contribution is 2.38. The third-order valence-corrected chi connectivity index (χ3v) is 6.68. The number of benzene rings is 1.